The molecule has 0 bridgehead atoms. The lowest BCUT2D eigenvalue weighted by molar-refractivity contribution is -0.119. The molecule has 0 aliphatic rings. The number of aryl methyl sites for hydroxylation is 2. The second kappa shape index (κ2) is 8.79. The molecule has 3 N–H and O–H groups in total. The Morgan fingerprint density at radius 1 is 1.00 bits per heavy atom. The number of nitrogens with one attached hydrogen (secondary N) is 3. The lowest BCUT2D eigenvalue weighted by Gasteiger charge is -2.11. The van der Waals surface area contributed by atoms with Crippen LogP contribution in [-0.2, 0) is 11.2 Å². The first-order valence-electron chi connectivity index (χ1n) is 7.55. The van der Waals surface area contributed by atoms with Gasteiger partial charge in [-0.1, -0.05) is 48.0 Å². The van der Waals surface area contributed by atoms with Gasteiger partial charge < -0.3 is 5.32 Å². The summed E-state index contributed by atoms with van der Waals surface area (Å²) in [6, 6.07) is 16.9. The van der Waals surface area contributed by atoms with Crippen LogP contribution in [0, 0.1) is 6.92 Å². The Hall–Kier alpha value is -2.73. The van der Waals surface area contributed by atoms with Crippen LogP contribution in [0.25, 0.3) is 0 Å². The van der Waals surface area contributed by atoms with Gasteiger partial charge in [-0.2, -0.15) is 0 Å². The molecule has 0 spiro atoms. The summed E-state index contributed by atoms with van der Waals surface area (Å²) in [6.45, 7) is 1.90. The van der Waals surface area contributed by atoms with Crippen LogP contribution < -0.4 is 16.2 Å². The number of rotatable bonds is 4. The average Bonchev–Trinajstić information content (AvgIpc) is 2.59. The number of amides is 2. The normalized spacial score (nSPS) is 9.88. The number of hydrogen-bond donors (Lipinski definition) is 3. The van der Waals surface area contributed by atoms with Crippen molar-refractivity contribution in [3.63, 3.8) is 0 Å². The Morgan fingerprint density at radius 2 is 1.75 bits per heavy atom. The number of benzene rings is 2. The Balaban J connectivity index is 1.72. The van der Waals surface area contributed by atoms with Crippen LogP contribution in [0.15, 0.2) is 54.6 Å². The highest BCUT2D eigenvalue weighted by Crippen LogP contribution is 2.03. The minimum atomic E-state index is -0.320. The van der Waals surface area contributed by atoms with E-state index < -0.39 is 0 Å². The number of hydrogen-bond acceptors (Lipinski definition) is 3. The highest BCUT2D eigenvalue weighted by molar-refractivity contribution is 7.80. The summed E-state index contributed by atoms with van der Waals surface area (Å²) in [6.07, 6.45) is 0.947. The lowest BCUT2D eigenvalue weighted by atomic mass is 10.1. The fraction of sp³-hybridized carbons (Fsp3) is 0.167. The summed E-state index contributed by atoms with van der Waals surface area (Å²) in [5.41, 5.74) is 7.57. The largest absolute Gasteiger partial charge is 0.302 e. The van der Waals surface area contributed by atoms with E-state index >= 15 is 0 Å². The highest BCUT2D eigenvalue weighted by Gasteiger charge is 2.08. The Kier molecular flexibility index (Phi) is 6.45. The van der Waals surface area contributed by atoms with E-state index in [4.69, 9.17) is 12.2 Å². The second-order valence-electron chi connectivity index (χ2n) is 5.31. The number of carbonyl (C=O) groups excluding carboxylic acids is 2. The van der Waals surface area contributed by atoms with Crippen LogP contribution in [0.4, 0.5) is 0 Å². The molecule has 0 heterocycles. The van der Waals surface area contributed by atoms with Crippen LogP contribution in [0.5, 0.6) is 0 Å². The van der Waals surface area contributed by atoms with E-state index in [9.17, 15) is 9.59 Å². The third-order valence-corrected chi connectivity index (χ3v) is 3.51. The van der Waals surface area contributed by atoms with Gasteiger partial charge in [0.25, 0.3) is 5.91 Å². The van der Waals surface area contributed by atoms with Gasteiger partial charge in [0.1, 0.15) is 0 Å². The fourth-order valence-electron chi connectivity index (χ4n) is 2.09. The third kappa shape index (κ3) is 5.81. The van der Waals surface area contributed by atoms with Crippen molar-refractivity contribution in [2.45, 2.75) is 19.8 Å². The molecule has 0 aromatic heterocycles. The Bertz CT molecular complexity index is 732. The molecule has 0 radical (unpaired) electrons. The van der Waals surface area contributed by atoms with Crippen molar-refractivity contribution in [2.24, 2.45) is 0 Å². The zero-order valence-corrected chi connectivity index (χ0v) is 14.2. The van der Waals surface area contributed by atoms with E-state index in [0.29, 0.717) is 18.4 Å². The molecule has 124 valence electrons. The van der Waals surface area contributed by atoms with Crippen molar-refractivity contribution >= 4 is 29.1 Å². The first-order chi connectivity index (χ1) is 11.5. The van der Waals surface area contributed by atoms with Gasteiger partial charge in [-0.25, -0.2) is 0 Å². The van der Waals surface area contributed by atoms with Crippen LogP contribution in [0.1, 0.15) is 27.9 Å². The average molecular weight is 341 g/mol. The van der Waals surface area contributed by atoms with E-state index in [1.807, 2.05) is 43.3 Å². The van der Waals surface area contributed by atoms with E-state index in [0.717, 1.165) is 11.1 Å². The van der Waals surface area contributed by atoms with E-state index in [1.165, 1.54) is 0 Å². The number of hydrazine groups is 1. The quantitative estimate of drug-likeness (QED) is 0.589. The zero-order valence-electron chi connectivity index (χ0n) is 13.3. The molecule has 0 saturated heterocycles. The molecule has 24 heavy (non-hydrogen) atoms. The smallest absolute Gasteiger partial charge is 0.269 e. The maximum Gasteiger partial charge on any atom is 0.269 e. The third-order valence-electron chi connectivity index (χ3n) is 3.31. The molecule has 2 rings (SSSR count). The van der Waals surface area contributed by atoms with Crippen molar-refractivity contribution in [3.05, 3.63) is 71.3 Å². The van der Waals surface area contributed by atoms with E-state index in [-0.39, 0.29) is 16.9 Å². The first kappa shape index (κ1) is 17.6. The van der Waals surface area contributed by atoms with Crippen LogP contribution in [0.3, 0.4) is 0 Å². The van der Waals surface area contributed by atoms with E-state index in [2.05, 4.69) is 16.2 Å². The van der Waals surface area contributed by atoms with Gasteiger partial charge in [0, 0.05) is 12.0 Å². The second-order valence-corrected chi connectivity index (χ2v) is 5.72. The lowest BCUT2D eigenvalue weighted by Crippen LogP contribution is -2.48. The molecular formula is C18H19N3O2S. The van der Waals surface area contributed by atoms with Gasteiger partial charge in [0.05, 0.1) is 0 Å². The van der Waals surface area contributed by atoms with Gasteiger partial charge in [-0.15, -0.1) is 0 Å². The molecule has 0 atom stereocenters. The van der Waals surface area contributed by atoms with Gasteiger partial charge in [0.2, 0.25) is 5.91 Å². The SMILES string of the molecule is Cc1cccc(C(=O)NNC(=S)NC(=O)CCc2ccccc2)c1. The first-order valence-corrected chi connectivity index (χ1v) is 7.96. The van der Waals surface area contributed by atoms with Gasteiger partial charge in [-0.3, -0.25) is 20.4 Å². The molecule has 6 heteroatoms. The van der Waals surface area contributed by atoms with Crippen LogP contribution in [-0.4, -0.2) is 16.9 Å². The van der Waals surface area contributed by atoms with Crippen molar-refractivity contribution in [1.82, 2.24) is 16.2 Å². The molecule has 0 aliphatic heterocycles. The molecular weight excluding hydrogens is 322 g/mol. The summed E-state index contributed by atoms with van der Waals surface area (Å²) < 4.78 is 0. The highest BCUT2D eigenvalue weighted by atomic mass is 32.1. The summed E-state index contributed by atoms with van der Waals surface area (Å²) in [7, 11) is 0. The number of carbonyl (C=O) groups is 2. The standard InChI is InChI=1S/C18H19N3O2S/c1-13-6-5-9-15(12-13)17(23)20-21-18(24)19-16(22)11-10-14-7-3-2-4-8-14/h2-9,12H,10-11H2,1H3,(H,20,23)(H2,19,21,22,24). The fourth-order valence-corrected chi connectivity index (χ4v) is 2.26. The minimum Gasteiger partial charge on any atom is -0.302 e. The Labute approximate surface area is 146 Å². The van der Waals surface area contributed by atoms with Gasteiger partial charge in [-0.05, 0) is 43.3 Å². The maximum atomic E-state index is 12.0. The maximum absolute atomic E-state index is 12.0. The minimum absolute atomic E-state index is 0.0639. The van der Waals surface area contributed by atoms with Crippen molar-refractivity contribution in [3.8, 4) is 0 Å². The van der Waals surface area contributed by atoms with Crippen LogP contribution in [0.2, 0.25) is 0 Å². The predicted molar refractivity (Wildman–Crippen MR) is 97.3 cm³/mol. The van der Waals surface area contributed by atoms with Crippen molar-refractivity contribution in [1.29, 1.82) is 0 Å². The molecule has 0 saturated carbocycles. The molecule has 2 amide bonds. The molecule has 0 aliphatic carbocycles. The Morgan fingerprint density at radius 3 is 2.46 bits per heavy atom. The van der Waals surface area contributed by atoms with Gasteiger partial charge >= 0.3 is 0 Å². The molecule has 2 aromatic rings. The summed E-state index contributed by atoms with van der Waals surface area (Å²) in [5, 5.41) is 2.60. The van der Waals surface area contributed by atoms with Crippen molar-refractivity contribution < 1.29 is 9.59 Å². The van der Waals surface area contributed by atoms with Crippen molar-refractivity contribution in [2.75, 3.05) is 0 Å². The summed E-state index contributed by atoms with van der Waals surface area (Å²) >= 11 is 5.00. The van der Waals surface area contributed by atoms with E-state index in [1.54, 1.807) is 18.2 Å². The monoisotopic (exact) mass is 341 g/mol. The molecule has 5 nitrogen and oxygen atoms in total. The summed E-state index contributed by atoms with van der Waals surface area (Å²) in [5.74, 6) is -0.527. The topological polar surface area (TPSA) is 70.2 Å². The zero-order chi connectivity index (χ0) is 17.4. The molecule has 0 unspecified atom stereocenters. The predicted octanol–water partition coefficient (Wildman–Crippen LogP) is 2.26. The molecule has 0 fully saturated rings. The van der Waals surface area contributed by atoms with Gasteiger partial charge in [0.15, 0.2) is 5.11 Å². The van der Waals surface area contributed by atoms with Crippen LogP contribution >= 0.6 is 12.2 Å². The summed E-state index contributed by atoms with van der Waals surface area (Å²) in [4.78, 5) is 23.8. The number of thiocarbonyl (C=S) groups is 1. The molecule has 2 aromatic carbocycles.